The molecule has 0 saturated heterocycles. The van der Waals surface area contributed by atoms with E-state index in [0.717, 1.165) is 11.1 Å². The summed E-state index contributed by atoms with van der Waals surface area (Å²) in [5, 5.41) is 0. The summed E-state index contributed by atoms with van der Waals surface area (Å²) in [4.78, 5) is 0. The van der Waals surface area contributed by atoms with Gasteiger partial charge < -0.3 is 0 Å². The van der Waals surface area contributed by atoms with Crippen LogP contribution in [0.25, 0.3) is 0 Å². The van der Waals surface area contributed by atoms with Gasteiger partial charge >= 0.3 is 0 Å². The molecule has 0 heterocycles. The first-order valence-electron chi connectivity index (χ1n) is 5.68. The van der Waals surface area contributed by atoms with Crippen LogP contribution in [0, 0.1) is 11.6 Å². The normalized spacial score (nSPS) is 10.6. The molecule has 0 aliphatic rings. The summed E-state index contributed by atoms with van der Waals surface area (Å²) in [7, 11) is 0. The van der Waals surface area contributed by atoms with Crippen molar-refractivity contribution in [2.24, 2.45) is 0 Å². The van der Waals surface area contributed by atoms with Gasteiger partial charge in [-0.1, -0.05) is 24.3 Å². The van der Waals surface area contributed by atoms with E-state index in [4.69, 9.17) is 0 Å². The number of benzene rings is 2. The van der Waals surface area contributed by atoms with E-state index in [1.165, 1.54) is 24.3 Å². The second-order valence-corrected chi connectivity index (χ2v) is 3.96. The van der Waals surface area contributed by atoms with Crippen LogP contribution in [-0.4, -0.2) is 0 Å². The van der Waals surface area contributed by atoms with Gasteiger partial charge in [-0.25, -0.2) is 8.78 Å². The molecule has 0 fully saturated rings. The Morgan fingerprint density at radius 2 is 1.39 bits per heavy atom. The van der Waals surface area contributed by atoms with Gasteiger partial charge in [0.1, 0.15) is 11.6 Å². The Hall–Kier alpha value is -1.78. The summed E-state index contributed by atoms with van der Waals surface area (Å²) in [6, 6.07) is 12.7. The first-order chi connectivity index (χ1) is 8.74. The molecule has 0 unspecified atom stereocenters. The Balaban J connectivity index is 1.74. The Bertz CT molecular complexity index is 497. The SMILES string of the molecule is Fc1ccc(CNNCc2cccc(F)c2)cc1. The zero-order chi connectivity index (χ0) is 12.8. The van der Waals surface area contributed by atoms with Crippen LogP contribution in [0.2, 0.25) is 0 Å². The largest absolute Gasteiger partial charge is 0.253 e. The third-order valence-corrected chi connectivity index (χ3v) is 2.51. The molecule has 0 saturated carbocycles. The van der Waals surface area contributed by atoms with Crippen molar-refractivity contribution in [3.63, 3.8) is 0 Å². The van der Waals surface area contributed by atoms with Crippen LogP contribution in [0.3, 0.4) is 0 Å². The highest BCUT2D eigenvalue weighted by Gasteiger charge is 1.96. The monoisotopic (exact) mass is 248 g/mol. The van der Waals surface area contributed by atoms with Crippen LogP contribution in [0.15, 0.2) is 48.5 Å². The van der Waals surface area contributed by atoms with E-state index in [1.807, 2.05) is 6.07 Å². The molecule has 0 amide bonds. The summed E-state index contributed by atoms with van der Waals surface area (Å²) in [5.41, 5.74) is 7.81. The van der Waals surface area contributed by atoms with Crippen molar-refractivity contribution in [2.75, 3.05) is 0 Å². The highest BCUT2D eigenvalue weighted by Crippen LogP contribution is 2.03. The highest BCUT2D eigenvalue weighted by atomic mass is 19.1. The van der Waals surface area contributed by atoms with E-state index < -0.39 is 0 Å². The molecule has 0 bridgehead atoms. The lowest BCUT2D eigenvalue weighted by Gasteiger charge is -2.07. The van der Waals surface area contributed by atoms with Gasteiger partial charge in [-0.2, -0.15) is 0 Å². The Morgan fingerprint density at radius 1 is 0.722 bits per heavy atom. The van der Waals surface area contributed by atoms with Crippen LogP contribution in [-0.2, 0) is 13.1 Å². The van der Waals surface area contributed by atoms with E-state index >= 15 is 0 Å². The van der Waals surface area contributed by atoms with Gasteiger partial charge in [0, 0.05) is 13.1 Å². The van der Waals surface area contributed by atoms with E-state index in [1.54, 1.807) is 18.2 Å². The fourth-order valence-corrected chi connectivity index (χ4v) is 1.58. The molecule has 2 aromatic carbocycles. The van der Waals surface area contributed by atoms with Crippen LogP contribution >= 0.6 is 0 Å². The predicted molar refractivity (Wildman–Crippen MR) is 66.5 cm³/mol. The number of hydrazine groups is 1. The average molecular weight is 248 g/mol. The molecular formula is C14H14F2N2. The lowest BCUT2D eigenvalue weighted by Crippen LogP contribution is -2.30. The number of halogens is 2. The van der Waals surface area contributed by atoms with E-state index in [2.05, 4.69) is 10.9 Å². The molecular weight excluding hydrogens is 234 g/mol. The fourth-order valence-electron chi connectivity index (χ4n) is 1.58. The zero-order valence-electron chi connectivity index (χ0n) is 9.79. The van der Waals surface area contributed by atoms with Gasteiger partial charge in [-0.05, 0) is 35.4 Å². The standard InChI is InChI=1S/C14H14F2N2/c15-13-6-4-11(5-7-13)9-17-18-10-12-2-1-3-14(16)8-12/h1-8,17-18H,9-10H2. The van der Waals surface area contributed by atoms with Crippen LogP contribution in [0.4, 0.5) is 8.78 Å². The molecule has 2 N–H and O–H groups in total. The first kappa shape index (κ1) is 12.7. The molecule has 2 aromatic rings. The lowest BCUT2D eigenvalue weighted by atomic mass is 10.2. The molecule has 18 heavy (non-hydrogen) atoms. The van der Waals surface area contributed by atoms with Crippen molar-refractivity contribution in [3.8, 4) is 0 Å². The minimum absolute atomic E-state index is 0.243. The molecule has 0 aliphatic heterocycles. The van der Waals surface area contributed by atoms with Gasteiger partial charge in [-0.3, -0.25) is 10.9 Å². The summed E-state index contributed by atoms with van der Waals surface area (Å²) in [6.07, 6.45) is 0. The van der Waals surface area contributed by atoms with Crippen LogP contribution in [0.1, 0.15) is 11.1 Å². The first-order valence-corrected chi connectivity index (χ1v) is 5.68. The molecule has 0 radical (unpaired) electrons. The summed E-state index contributed by atoms with van der Waals surface area (Å²) >= 11 is 0. The Kier molecular flexibility index (Phi) is 4.39. The smallest absolute Gasteiger partial charge is 0.123 e. The summed E-state index contributed by atoms with van der Waals surface area (Å²) < 4.78 is 25.6. The zero-order valence-corrected chi connectivity index (χ0v) is 9.79. The molecule has 94 valence electrons. The molecule has 2 rings (SSSR count). The molecule has 0 aromatic heterocycles. The second-order valence-electron chi connectivity index (χ2n) is 3.96. The second kappa shape index (κ2) is 6.23. The molecule has 0 atom stereocenters. The quantitative estimate of drug-likeness (QED) is 0.628. The number of rotatable bonds is 5. The van der Waals surface area contributed by atoms with Crippen molar-refractivity contribution in [2.45, 2.75) is 13.1 Å². The minimum Gasteiger partial charge on any atom is -0.253 e. The maximum absolute atomic E-state index is 12.9. The lowest BCUT2D eigenvalue weighted by molar-refractivity contribution is 0.526. The average Bonchev–Trinajstić information content (AvgIpc) is 2.37. The molecule has 2 nitrogen and oxygen atoms in total. The Labute approximate surface area is 105 Å². The topological polar surface area (TPSA) is 24.1 Å². The third kappa shape index (κ3) is 3.91. The number of hydrogen-bond donors (Lipinski definition) is 2. The third-order valence-electron chi connectivity index (χ3n) is 2.51. The molecule has 0 aliphatic carbocycles. The van der Waals surface area contributed by atoms with Gasteiger partial charge in [0.15, 0.2) is 0 Å². The van der Waals surface area contributed by atoms with Crippen molar-refractivity contribution in [1.29, 1.82) is 0 Å². The maximum atomic E-state index is 12.9. The highest BCUT2D eigenvalue weighted by molar-refractivity contribution is 5.17. The van der Waals surface area contributed by atoms with E-state index in [9.17, 15) is 8.78 Å². The predicted octanol–water partition coefficient (Wildman–Crippen LogP) is 2.76. The number of nitrogens with one attached hydrogen (secondary N) is 2. The van der Waals surface area contributed by atoms with Gasteiger partial charge in [-0.15, -0.1) is 0 Å². The summed E-state index contributed by atoms with van der Waals surface area (Å²) in [6.45, 7) is 1.11. The Morgan fingerprint density at radius 3 is 2.06 bits per heavy atom. The van der Waals surface area contributed by atoms with Crippen molar-refractivity contribution in [1.82, 2.24) is 10.9 Å². The summed E-state index contributed by atoms with van der Waals surface area (Å²) in [5.74, 6) is -0.487. The van der Waals surface area contributed by atoms with Crippen LogP contribution < -0.4 is 10.9 Å². The maximum Gasteiger partial charge on any atom is 0.123 e. The number of hydrogen-bond acceptors (Lipinski definition) is 2. The van der Waals surface area contributed by atoms with Crippen molar-refractivity contribution < 1.29 is 8.78 Å². The molecule has 4 heteroatoms. The van der Waals surface area contributed by atoms with Crippen molar-refractivity contribution >= 4 is 0 Å². The van der Waals surface area contributed by atoms with Crippen molar-refractivity contribution in [3.05, 3.63) is 71.3 Å². The van der Waals surface area contributed by atoms with Gasteiger partial charge in [0.2, 0.25) is 0 Å². The van der Waals surface area contributed by atoms with E-state index in [0.29, 0.717) is 13.1 Å². The van der Waals surface area contributed by atoms with Crippen LogP contribution in [0.5, 0.6) is 0 Å². The fraction of sp³-hybridized carbons (Fsp3) is 0.143. The molecule has 0 spiro atoms. The van der Waals surface area contributed by atoms with Gasteiger partial charge in [0.05, 0.1) is 0 Å². The van der Waals surface area contributed by atoms with E-state index in [-0.39, 0.29) is 11.6 Å². The minimum atomic E-state index is -0.244. The van der Waals surface area contributed by atoms with Gasteiger partial charge in [0.25, 0.3) is 0 Å².